The Morgan fingerprint density at radius 2 is 0.700 bits per heavy atom. The number of benzene rings is 8. The van der Waals surface area contributed by atoms with Crippen LogP contribution < -0.4 is 5.46 Å². The van der Waals surface area contributed by atoms with Gasteiger partial charge in [-0.15, -0.1) is 0 Å². The molecule has 24 heteroatoms. The van der Waals surface area contributed by atoms with Gasteiger partial charge in [-0.3, -0.25) is 9.13 Å². The molecule has 19 rings (SSSR count). The molecule has 0 spiro atoms. The van der Waals surface area contributed by atoms with E-state index in [9.17, 15) is 0 Å². The Balaban J connectivity index is 0.000000136. The third-order valence-electron chi connectivity index (χ3n) is 17.2. The van der Waals surface area contributed by atoms with E-state index in [1.165, 1.54) is 0 Å². The number of halogens is 5. The second-order valence-electron chi connectivity index (χ2n) is 23.6. The summed E-state index contributed by atoms with van der Waals surface area (Å²) in [5.41, 5.74) is 10.4. The summed E-state index contributed by atoms with van der Waals surface area (Å²) in [4.78, 5) is 47.6. The molecule has 0 radical (unpaired) electrons. The number of aromatic nitrogens is 13. The van der Waals surface area contributed by atoms with Crippen molar-refractivity contribution in [3.8, 4) is 34.7 Å². The molecule has 0 amide bonds. The fraction of sp³-hybridized carbons (Fsp3) is 0.118. The quantitative estimate of drug-likeness (QED) is 0.147. The van der Waals surface area contributed by atoms with Gasteiger partial charge in [0.25, 0.3) is 0 Å². The van der Waals surface area contributed by atoms with Crippen LogP contribution in [0.4, 0.5) is 0 Å². The third-order valence-corrected chi connectivity index (χ3v) is 18.2. The van der Waals surface area contributed by atoms with Crippen LogP contribution in [-0.2, 0) is 9.31 Å². The monoisotopic (exact) mass is 1460 g/mol. The van der Waals surface area contributed by atoms with E-state index in [1.54, 1.807) is 12.4 Å². The highest BCUT2D eigenvalue weighted by Gasteiger charge is 2.51. The number of nitrogens with zero attached hydrogens (tertiary/aromatic N) is 13. The van der Waals surface area contributed by atoms with Crippen molar-refractivity contribution in [2.24, 2.45) is 0 Å². The summed E-state index contributed by atoms with van der Waals surface area (Å²) in [6.07, 6.45) is 3.60. The van der Waals surface area contributed by atoms with Gasteiger partial charge < -0.3 is 22.6 Å². The molecule has 0 atom stereocenters. The van der Waals surface area contributed by atoms with Crippen LogP contribution in [0.15, 0.2) is 231 Å². The summed E-state index contributed by atoms with van der Waals surface area (Å²) in [7, 11) is -0.359. The fourth-order valence-electron chi connectivity index (χ4n) is 12.0. The lowest BCUT2D eigenvalue weighted by Crippen LogP contribution is -2.41. The highest BCUT2D eigenvalue weighted by Crippen LogP contribution is 2.39. The van der Waals surface area contributed by atoms with E-state index in [-0.39, 0.29) is 61.7 Å². The standard InChI is InChI=1S/C37H21N7O.C18H19BO3.C15H7Cl2N3O.C3BrCl2N3.3CH4/c1-4-14-29-23(9-1)27-12-7-19-38-34(27)43(29)36-40-33(22-17-18-26-25-11-3-6-16-31(25)45-32(26)21-22)41-37(42-36)44-30-15-5-2-10-24(30)28-13-8-20-39-35(28)44;1-17(2)18(3,4)22-19(21-17)12-9-10-14-13-7-5-6-8-15(13)20-16(14)11-12;16-14-18-13(19-15(17)20-14)8-5-6-10-9-3-1-2-4-11(9)21-12(10)7-8;4-1-7-2(5)9-3(6)8-1;;;/h1-21H;5-11H,1-4H3;1-7H;;3*1H4. The first-order valence-electron chi connectivity index (χ1n) is 30.4. The van der Waals surface area contributed by atoms with Crippen molar-refractivity contribution in [3.05, 3.63) is 238 Å². The number of fused-ring (bicyclic) bond motifs is 15. The summed E-state index contributed by atoms with van der Waals surface area (Å²) < 4.78 is 34.6. The lowest BCUT2D eigenvalue weighted by molar-refractivity contribution is 0.00578. The first kappa shape index (κ1) is 68.2. The van der Waals surface area contributed by atoms with E-state index in [0.29, 0.717) is 28.3 Å². The van der Waals surface area contributed by atoms with Crippen LogP contribution in [0.1, 0.15) is 50.0 Å². The SMILES string of the molecule is C.C.C.CC1(C)OB(c2ccc3c(c2)oc2ccccc23)OC1(C)C.Clc1nc(Cl)nc(-c2ccc3c(c2)oc2ccccc23)n1.Clc1nc(Cl)nc(Br)n1.c1ccc2c(c1)oc1cc(-c3nc(-n4c5ccccc5c5cccnc54)nc(-n4c5ccccc5c5cccnc54)n3)ccc12. The van der Waals surface area contributed by atoms with E-state index in [4.69, 9.17) is 93.9 Å². The normalized spacial score (nSPS) is 13.1. The maximum atomic E-state index is 6.25. The van der Waals surface area contributed by atoms with Crippen molar-refractivity contribution >= 4 is 185 Å². The van der Waals surface area contributed by atoms with Crippen molar-refractivity contribution in [2.75, 3.05) is 0 Å². The zero-order valence-corrected chi connectivity index (χ0v) is 56.1. The lowest BCUT2D eigenvalue weighted by atomic mass is 9.79. The van der Waals surface area contributed by atoms with Crippen molar-refractivity contribution in [1.82, 2.24) is 64.0 Å². The molecule has 1 saturated heterocycles. The van der Waals surface area contributed by atoms with Crippen LogP contribution in [-0.4, -0.2) is 82.3 Å². The second kappa shape index (κ2) is 27.4. The Morgan fingerprint density at radius 3 is 1.13 bits per heavy atom. The number of para-hydroxylation sites is 5. The second-order valence-corrected chi connectivity index (χ2v) is 25.7. The smallest absolute Gasteiger partial charge is 0.456 e. The first-order chi connectivity index (χ1) is 47.1. The van der Waals surface area contributed by atoms with E-state index in [0.717, 1.165) is 126 Å². The summed E-state index contributed by atoms with van der Waals surface area (Å²) in [6.45, 7) is 8.25. The minimum atomic E-state index is -0.359. The van der Waals surface area contributed by atoms with Crippen molar-refractivity contribution in [3.63, 3.8) is 0 Å². The molecule has 0 bridgehead atoms. The number of pyridine rings is 2. The molecule has 18 aromatic rings. The van der Waals surface area contributed by atoms with Crippen LogP contribution in [0.25, 0.3) is 144 Å². The topological polar surface area (TPSA) is 210 Å². The maximum Gasteiger partial charge on any atom is 0.494 e. The van der Waals surface area contributed by atoms with Gasteiger partial charge in [0, 0.05) is 77.4 Å². The summed E-state index contributed by atoms with van der Waals surface area (Å²) >= 11 is 25.4. The Labute approximate surface area is 601 Å². The van der Waals surface area contributed by atoms with Gasteiger partial charge in [-0.05, 0) is 180 Å². The molecule has 0 saturated carbocycles. The van der Waals surface area contributed by atoms with Crippen molar-refractivity contribution < 1.29 is 22.6 Å². The minimum absolute atomic E-state index is 0. The first-order valence-corrected chi connectivity index (χ1v) is 32.7. The van der Waals surface area contributed by atoms with Crippen LogP contribution in [0.5, 0.6) is 0 Å². The van der Waals surface area contributed by atoms with Crippen LogP contribution in [0.3, 0.4) is 0 Å². The highest BCUT2D eigenvalue weighted by atomic mass is 79.9. The molecule has 1 aliphatic heterocycles. The zero-order chi connectivity index (χ0) is 66.3. The molecule has 0 aliphatic carbocycles. The number of hydrogen-bond donors (Lipinski definition) is 0. The van der Waals surface area contributed by atoms with E-state index in [2.05, 4.69) is 140 Å². The molecule has 18 nitrogen and oxygen atoms in total. The molecule has 1 aliphatic rings. The van der Waals surface area contributed by atoms with Gasteiger partial charge in [-0.1, -0.05) is 138 Å². The summed E-state index contributed by atoms with van der Waals surface area (Å²) in [5.74, 6) is 1.86. The van der Waals surface area contributed by atoms with Gasteiger partial charge in [0.1, 0.15) is 44.8 Å². The van der Waals surface area contributed by atoms with Gasteiger partial charge in [-0.25, -0.2) is 9.97 Å². The number of furan rings is 3. The van der Waals surface area contributed by atoms with Crippen LogP contribution >= 0.6 is 62.3 Å². The number of rotatable bonds is 5. The predicted molar refractivity (Wildman–Crippen MR) is 407 cm³/mol. The molecule has 0 N–H and O–H groups in total. The van der Waals surface area contributed by atoms with E-state index >= 15 is 0 Å². The molecule has 496 valence electrons. The summed E-state index contributed by atoms with van der Waals surface area (Å²) in [6, 6.07) is 66.6. The molecule has 10 aromatic heterocycles. The molecule has 0 unspecified atom stereocenters. The van der Waals surface area contributed by atoms with Crippen molar-refractivity contribution in [1.29, 1.82) is 0 Å². The molecular formula is C76H59BBrCl4N13O5. The van der Waals surface area contributed by atoms with E-state index < -0.39 is 0 Å². The van der Waals surface area contributed by atoms with Gasteiger partial charge in [0.2, 0.25) is 37.8 Å². The van der Waals surface area contributed by atoms with Gasteiger partial charge >= 0.3 is 7.12 Å². The average molecular weight is 1470 g/mol. The van der Waals surface area contributed by atoms with Crippen LogP contribution in [0, 0.1) is 0 Å². The Morgan fingerprint density at radius 1 is 0.350 bits per heavy atom. The number of hydrogen-bond acceptors (Lipinski definition) is 16. The van der Waals surface area contributed by atoms with Crippen molar-refractivity contribution in [2.45, 2.75) is 61.2 Å². The van der Waals surface area contributed by atoms with Gasteiger partial charge in [0.05, 0.1) is 22.2 Å². The zero-order valence-electron chi connectivity index (χ0n) is 51.5. The molecular weight excluding hydrogens is 1410 g/mol. The van der Waals surface area contributed by atoms with Crippen LogP contribution in [0.2, 0.25) is 21.1 Å². The van der Waals surface area contributed by atoms with E-state index in [1.807, 2.05) is 143 Å². The van der Waals surface area contributed by atoms with Gasteiger partial charge in [-0.2, -0.15) is 44.9 Å². The largest absolute Gasteiger partial charge is 0.494 e. The Kier molecular flexibility index (Phi) is 18.7. The van der Waals surface area contributed by atoms with Gasteiger partial charge in [0.15, 0.2) is 11.6 Å². The molecule has 100 heavy (non-hydrogen) atoms. The minimum Gasteiger partial charge on any atom is -0.456 e. The summed E-state index contributed by atoms with van der Waals surface area (Å²) in [5, 5.41) is 11.0. The lowest BCUT2D eigenvalue weighted by Gasteiger charge is -2.32. The molecule has 11 heterocycles. The molecule has 8 aromatic carbocycles. The highest BCUT2D eigenvalue weighted by molar-refractivity contribution is 9.10. The Hall–Kier alpha value is -10.3. The fourth-order valence-corrected chi connectivity index (χ4v) is 13.3. The Bertz CT molecular complexity index is 5820. The average Bonchev–Trinajstić information content (AvgIpc) is 1.57. The predicted octanol–water partition coefficient (Wildman–Crippen LogP) is 20.9. The molecule has 1 fully saturated rings. The third kappa shape index (κ3) is 12.6. The maximum absolute atomic E-state index is 6.25.